The molecule has 5 nitrogen and oxygen atoms in total. The summed E-state index contributed by atoms with van der Waals surface area (Å²) in [5.41, 5.74) is 1.38. The second-order valence-corrected chi connectivity index (χ2v) is 7.43. The fourth-order valence-electron chi connectivity index (χ4n) is 3.12. The summed E-state index contributed by atoms with van der Waals surface area (Å²) in [6.07, 6.45) is 2.09. The van der Waals surface area contributed by atoms with E-state index in [0.29, 0.717) is 17.3 Å². The molecule has 0 aliphatic carbocycles. The second kappa shape index (κ2) is 8.67. The summed E-state index contributed by atoms with van der Waals surface area (Å²) in [6, 6.07) is 15.0. The van der Waals surface area contributed by atoms with Crippen molar-refractivity contribution in [2.24, 2.45) is 0 Å². The van der Waals surface area contributed by atoms with Gasteiger partial charge in [-0.2, -0.15) is 0 Å². The largest absolute Gasteiger partial charge is 0.462 e. The van der Waals surface area contributed by atoms with Gasteiger partial charge in [-0.1, -0.05) is 30.3 Å². The average molecular weight is 477 g/mol. The van der Waals surface area contributed by atoms with Gasteiger partial charge in [-0.3, -0.25) is 4.79 Å². The maximum Gasteiger partial charge on any atom is 0.343 e. The molecular weight excluding hydrogens is 457 g/mol. The molecule has 1 aromatic heterocycles. The van der Waals surface area contributed by atoms with Gasteiger partial charge in [-0.05, 0) is 59.7 Å². The van der Waals surface area contributed by atoms with Crippen molar-refractivity contribution in [3.8, 4) is 0 Å². The number of rotatable bonds is 6. The van der Waals surface area contributed by atoms with Gasteiger partial charge < -0.3 is 14.4 Å². The summed E-state index contributed by atoms with van der Waals surface area (Å²) in [5.74, 6) is -0.645. The number of ether oxygens (including phenoxy) is 1. The molecule has 0 saturated carbocycles. The summed E-state index contributed by atoms with van der Waals surface area (Å²) < 4.78 is 7.77. The normalized spacial score (nSPS) is 12.1. The highest BCUT2D eigenvalue weighted by atomic mass is 127. The third-order valence-corrected chi connectivity index (χ3v) is 5.08. The minimum Gasteiger partial charge on any atom is -0.462 e. The quantitative estimate of drug-likeness (QED) is 0.436. The topological polar surface area (TPSA) is 68.5 Å². The number of aromatic nitrogens is 1. The molecule has 0 aliphatic heterocycles. The maximum atomic E-state index is 12.8. The Hall–Kier alpha value is -2.19. The first-order valence-corrected chi connectivity index (χ1v) is 9.79. The number of carbonyl (C=O) groups is 1. The first-order chi connectivity index (χ1) is 13.0. The van der Waals surface area contributed by atoms with E-state index >= 15 is 0 Å². The number of carbonyl (C=O) groups excluding carboxylic acids is 1. The lowest BCUT2D eigenvalue weighted by atomic mass is 10.0. The van der Waals surface area contributed by atoms with Crippen molar-refractivity contribution in [1.29, 1.82) is 0 Å². The molecule has 2 aromatic carbocycles. The van der Waals surface area contributed by atoms with Gasteiger partial charge in [-0.25, -0.2) is 4.79 Å². The number of hydrogen-bond acceptors (Lipinski definition) is 4. The number of aliphatic hydroxyl groups is 1. The lowest BCUT2D eigenvalue weighted by Gasteiger charge is -2.22. The van der Waals surface area contributed by atoms with Crippen molar-refractivity contribution in [2.45, 2.75) is 19.4 Å². The van der Waals surface area contributed by atoms with Crippen molar-refractivity contribution < 1.29 is 14.6 Å². The first kappa shape index (κ1) is 19.6. The van der Waals surface area contributed by atoms with Crippen molar-refractivity contribution in [3.63, 3.8) is 0 Å². The zero-order valence-corrected chi connectivity index (χ0v) is 17.0. The lowest BCUT2D eigenvalue weighted by molar-refractivity contribution is 0.0523. The molecule has 1 N–H and O–H groups in total. The average Bonchev–Trinajstić information content (AvgIpc) is 2.68. The van der Waals surface area contributed by atoms with Crippen LogP contribution < -0.4 is 5.43 Å². The number of pyridine rings is 1. The van der Waals surface area contributed by atoms with Crippen molar-refractivity contribution in [1.82, 2.24) is 4.57 Å². The molecule has 3 rings (SSSR count). The van der Waals surface area contributed by atoms with E-state index in [0.717, 1.165) is 9.13 Å². The van der Waals surface area contributed by atoms with Crippen LogP contribution in [-0.4, -0.2) is 28.9 Å². The number of hydrogen-bond donors (Lipinski definition) is 1. The lowest BCUT2D eigenvalue weighted by Crippen LogP contribution is -2.25. The van der Waals surface area contributed by atoms with Crippen LogP contribution in [0.15, 0.2) is 59.5 Å². The molecule has 0 saturated heterocycles. The van der Waals surface area contributed by atoms with Gasteiger partial charge in [0.05, 0.1) is 24.8 Å². The molecule has 0 fully saturated rings. The van der Waals surface area contributed by atoms with Crippen LogP contribution in [0.5, 0.6) is 0 Å². The smallest absolute Gasteiger partial charge is 0.343 e. The highest BCUT2D eigenvalue weighted by molar-refractivity contribution is 14.1. The van der Waals surface area contributed by atoms with Gasteiger partial charge in [0.25, 0.3) is 0 Å². The standard InChI is InChI=1S/C21H20INO4/c1-2-27-21(26)18-12-23(16(13-24)10-14-6-4-3-5-7-14)19-9-8-15(22)11-17(19)20(18)25/h3-9,11-12,16,24H,2,10,13H2,1H3. The molecule has 0 spiro atoms. The molecule has 6 heteroatoms. The van der Waals surface area contributed by atoms with E-state index in [1.165, 1.54) is 6.20 Å². The second-order valence-electron chi connectivity index (χ2n) is 6.19. The van der Waals surface area contributed by atoms with Gasteiger partial charge >= 0.3 is 5.97 Å². The third kappa shape index (κ3) is 4.22. The van der Waals surface area contributed by atoms with Gasteiger partial charge in [0.1, 0.15) is 5.56 Å². The first-order valence-electron chi connectivity index (χ1n) is 8.71. The number of esters is 1. The van der Waals surface area contributed by atoms with Gasteiger partial charge in [0, 0.05) is 15.2 Å². The Kier molecular flexibility index (Phi) is 6.28. The summed E-state index contributed by atoms with van der Waals surface area (Å²) >= 11 is 2.13. The van der Waals surface area contributed by atoms with E-state index in [1.54, 1.807) is 13.0 Å². The van der Waals surface area contributed by atoms with E-state index in [2.05, 4.69) is 22.6 Å². The molecule has 1 atom stereocenters. The van der Waals surface area contributed by atoms with Gasteiger partial charge in [0.15, 0.2) is 0 Å². The van der Waals surface area contributed by atoms with E-state index < -0.39 is 5.97 Å². The van der Waals surface area contributed by atoms with Crippen molar-refractivity contribution in [2.75, 3.05) is 13.2 Å². The molecule has 0 radical (unpaired) electrons. The number of fused-ring (bicyclic) bond motifs is 1. The van der Waals surface area contributed by atoms with Gasteiger partial charge in [-0.15, -0.1) is 0 Å². The Labute approximate surface area is 170 Å². The predicted octanol–water partition coefficient (Wildman–Crippen LogP) is 3.56. The van der Waals surface area contributed by atoms with E-state index in [9.17, 15) is 14.7 Å². The summed E-state index contributed by atoms with van der Waals surface area (Å²) in [4.78, 5) is 25.2. The van der Waals surface area contributed by atoms with Crippen molar-refractivity contribution >= 4 is 39.5 Å². The highest BCUT2D eigenvalue weighted by Crippen LogP contribution is 2.22. The van der Waals surface area contributed by atoms with Gasteiger partial charge in [0.2, 0.25) is 5.43 Å². The Morgan fingerprint density at radius 2 is 1.96 bits per heavy atom. The van der Waals surface area contributed by atoms with Crippen LogP contribution >= 0.6 is 22.6 Å². The molecule has 0 aliphatic rings. The number of nitrogens with zero attached hydrogens (tertiary/aromatic N) is 1. The molecule has 1 unspecified atom stereocenters. The SMILES string of the molecule is CCOC(=O)c1cn(C(CO)Cc2ccccc2)c2ccc(I)cc2c1=O. The number of aliphatic hydroxyl groups excluding tert-OH is 1. The van der Waals surface area contributed by atoms with Crippen LogP contribution in [0.3, 0.4) is 0 Å². The Bertz CT molecular complexity index is 1010. The number of halogens is 1. The molecule has 0 amide bonds. The fraction of sp³-hybridized carbons (Fsp3) is 0.238. The highest BCUT2D eigenvalue weighted by Gasteiger charge is 2.20. The summed E-state index contributed by atoms with van der Waals surface area (Å²) in [6.45, 7) is 1.77. The van der Waals surface area contributed by atoms with Crippen LogP contribution in [0.1, 0.15) is 28.9 Å². The minimum atomic E-state index is -0.645. The molecule has 1 heterocycles. The maximum absolute atomic E-state index is 12.8. The Morgan fingerprint density at radius 3 is 2.63 bits per heavy atom. The predicted molar refractivity (Wildman–Crippen MR) is 113 cm³/mol. The van der Waals surface area contributed by atoms with E-state index in [-0.39, 0.29) is 30.2 Å². The fourth-order valence-corrected chi connectivity index (χ4v) is 3.61. The molecule has 3 aromatic rings. The zero-order chi connectivity index (χ0) is 19.4. The molecular formula is C21H20INO4. The summed E-state index contributed by atoms with van der Waals surface area (Å²) in [7, 11) is 0. The monoisotopic (exact) mass is 477 g/mol. The van der Waals surface area contributed by atoms with Crippen molar-refractivity contribution in [3.05, 3.63) is 79.6 Å². The minimum absolute atomic E-state index is 0.0159. The third-order valence-electron chi connectivity index (χ3n) is 4.41. The van der Waals surface area contributed by atoms with Crippen LogP contribution in [0.25, 0.3) is 10.9 Å². The van der Waals surface area contributed by atoms with Crippen LogP contribution in [0.4, 0.5) is 0 Å². The molecule has 140 valence electrons. The number of benzene rings is 2. The van der Waals surface area contributed by atoms with Crippen LogP contribution in [0, 0.1) is 3.57 Å². The molecule has 27 heavy (non-hydrogen) atoms. The van der Waals surface area contributed by atoms with Crippen LogP contribution in [-0.2, 0) is 11.2 Å². The zero-order valence-electron chi connectivity index (χ0n) is 14.9. The Morgan fingerprint density at radius 1 is 1.22 bits per heavy atom. The molecule has 0 bridgehead atoms. The van der Waals surface area contributed by atoms with Crippen LogP contribution in [0.2, 0.25) is 0 Å². The van der Waals surface area contributed by atoms with E-state index in [4.69, 9.17) is 4.74 Å². The van der Waals surface area contributed by atoms with E-state index in [1.807, 2.05) is 47.0 Å². The summed E-state index contributed by atoms with van der Waals surface area (Å²) in [5, 5.41) is 10.5. The Balaban J connectivity index is 2.19.